The summed E-state index contributed by atoms with van der Waals surface area (Å²) in [5, 5.41) is 13.2. The molecule has 0 amide bonds. The van der Waals surface area contributed by atoms with E-state index >= 15 is 0 Å². The maximum Gasteiger partial charge on any atom is 0.417 e. The second-order valence-corrected chi connectivity index (χ2v) is 8.36. The number of aryl methyl sites for hydroxylation is 1. The monoisotopic (exact) mass is 517 g/mol. The summed E-state index contributed by atoms with van der Waals surface area (Å²) in [5.41, 5.74) is 0.899. The van der Waals surface area contributed by atoms with Crippen LogP contribution in [0.1, 0.15) is 16.8 Å². The number of benzene rings is 3. The van der Waals surface area contributed by atoms with Gasteiger partial charge in [-0.15, -0.1) is 5.10 Å². The molecule has 0 unspecified atom stereocenters. The minimum absolute atomic E-state index is 0.0453. The van der Waals surface area contributed by atoms with Crippen molar-refractivity contribution in [1.82, 2.24) is 10.2 Å². The molecular formula is C26H23ClF3N3O3. The summed E-state index contributed by atoms with van der Waals surface area (Å²) in [6.45, 7) is 2.13. The minimum Gasteiger partial charge on any atom is -0.497 e. The molecule has 0 bridgehead atoms. The van der Waals surface area contributed by atoms with Gasteiger partial charge in [0.15, 0.2) is 5.82 Å². The second-order valence-electron chi connectivity index (χ2n) is 7.96. The van der Waals surface area contributed by atoms with Crippen LogP contribution in [-0.2, 0) is 12.7 Å². The molecule has 0 radical (unpaired) electrons. The smallest absolute Gasteiger partial charge is 0.417 e. The molecular weight excluding hydrogens is 495 g/mol. The molecule has 0 saturated heterocycles. The topological polar surface area (TPSA) is 65.5 Å². The Bertz CT molecular complexity index is 1430. The van der Waals surface area contributed by atoms with Crippen molar-refractivity contribution in [1.29, 1.82) is 0 Å². The highest BCUT2D eigenvalue weighted by Crippen LogP contribution is 2.43. The molecule has 6 nitrogen and oxygen atoms in total. The zero-order valence-corrected chi connectivity index (χ0v) is 20.7. The molecule has 0 fully saturated rings. The standard InChI is InChI=1S/C26H23ClF3N3O3/c1-14-19-9-15(20-11-22(27)24(36-4)12-21(20)26(28,29)30)6-8-18(19)25(33-32-14)31-13-16-5-7-17(34-2)10-23(16)35-3/h5-12H,13H2,1-4H3,(H,31,33). The zero-order valence-electron chi connectivity index (χ0n) is 20.0. The summed E-state index contributed by atoms with van der Waals surface area (Å²) < 4.78 is 57.3. The number of fused-ring (bicyclic) bond motifs is 1. The zero-order chi connectivity index (χ0) is 26.0. The Morgan fingerprint density at radius 2 is 1.61 bits per heavy atom. The Labute approximate surface area is 211 Å². The van der Waals surface area contributed by atoms with Crippen molar-refractivity contribution in [3.63, 3.8) is 0 Å². The molecule has 1 heterocycles. The first-order chi connectivity index (χ1) is 17.2. The van der Waals surface area contributed by atoms with Crippen molar-refractivity contribution in [2.75, 3.05) is 26.6 Å². The van der Waals surface area contributed by atoms with Crippen LogP contribution in [0.2, 0.25) is 5.02 Å². The van der Waals surface area contributed by atoms with Crippen molar-refractivity contribution >= 4 is 28.2 Å². The number of nitrogens with one attached hydrogen (secondary N) is 1. The molecule has 1 N–H and O–H groups in total. The molecule has 0 aliphatic rings. The van der Waals surface area contributed by atoms with Crippen LogP contribution in [0, 0.1) is 6.92 Å². The van der Waals surface area contributed by atoms with E-state index in [4.69, 9.17) is 25.8 Å². The van der Waals surface area contributed by atoms with Crippen LogP contribution in [0.3, 0.4) is 0 Å². The van der Waals surface area contributed by atoms with Gasteiger partial charge in [-0.3, -0.25) is 0 Å². The van der Waals surface area contributed by atoms with Gasteiger partial charge < -0.3 is 19.5 Å². The quantitative estimate of drug-likeness (QED) is 0.287. The van der Waals surface area contributed by atoms with Crippen molar-refractivity contribution in [3.05, 3.63) is 70.4 Å². The number of rotatable bonds is 7. The van der Waals surface area contributed by atoms with Gasteiger partial charge in [0.05, 0.1) is 37.6 Å². The van der Waals surface area contributed by atoms with Crippen molar-refractivity contribution in [2.45, 2.75) is 19.6 Å². The van der Waals surface area contributed by atoms with Gasteiger partial charge in [-0.05, 0) is 54.4 Å². The third-order valence-corrected chi connectivity index (χ3v) is 6.11. The molecule has 0 atom stereocenters. The van der Waals surface area contributed by atoms with Gasteiger partial charge in [0, 0.05) is 28.9 Å². The highest BCUT2D eigenvalue weighted by Gasteiger charge is 2.35. The van der Waals surface area contributed by atoms with Gasteiger partial charge in [-0.1, -0.05) is 17.7 Å². The lowest BCUT2D eigenvalue weighted by Crippen LogP contribution is -2.08. The van der Waals surface area contributed by atoms with E-state index in [2.05, 4.69) is 15.5 Å². The number of hydrogen-bond acceptors (Lipinski definition) is 6. The molecule has 4 aromatic rings. The van der Waals surface area contributed by atoms with Crippen LogP contribution < -0.4 is 19.5 Å². The molecule has 0 spiro atoms. The number of halogens is 4. The summed E-state index contributed by atoms with van der Waals surface area (Å²) in [7, 11) is 4.42. The van der Waals surface area contributed by atoms with Crippen LogP contribution in [0.5, 0.6) is 17.2 Å². The lowest BCUT2D eigenvalue weighted by Gasteiger charge is -2.17. The molecule has 188 valence electrons. The van der Waals surface area contributed by atoms with E-state index < -0.39 is 11.7 Å². The van der Waals surface area contributed by atoms with Crippen molar-refractivity contribution in [2.24, 2.45) is 0 Å². The number of anilines is 1. The number of alkyl halides is 3. The number of ether oxygens (including phenoxy) is 3. The minimum atomic E-state index is -4.60. The van der Waals surface area contributed by atoms with Gasteiger partial charge in [0.25, 0.3) is 0 Å². The van der Waals surface area contributed by atoms with Gasteiger partial charge in [-0.2, -0.15) is 18.3 Å². The summed E-state index contributed by atoms with van der Waals surface area (Å²) in [5.74, 6) is 1.75. The van der Waals surface area contributed by atoms with Crippen molar-refractivity contribution in [3.8, 4) is 28.4 Å². The fraction of sp³-hybridized carbons (Fsp3) is 0.231. The third-order valence-electron chi connectivity index (χ3n) is 5.81. The van der Waals surface area contributed by atoms with E-state index in [1.165, 1.54) is 13.2 Å². The fourth-order valence-electron chi connectivity index (χ4n) is 3.94. The van der Waals surface area contributed by atoms with Crippen LogP contribution >= 0.6 is 11.6 Å². The first kappa shape index (κ1) is 25.4. The average molecular weight is 518 g/mol. The summed E-state index contributed by atoms with van der Waals surface area (Å²) in [6.07, 6.45) is -4.60. The lowest BCUT2D eigenvalue weighted by atomic mass is 9.96. The maximum absolute atomic E-state index is 13.9. The van der Waals surface area contributed by atoms with E-state index in [9.17, 15) is 13.2 Å². The first-order valence-electron chi connectivity index (χ1n) is 10.8. The first-order valence-corrected chi connectivity index (χ1v) is 11.2. The van der Waals surface area contributed by atoms with E-state index in [0.29, 0.717) is 45.9 Å². The molecule has 3 aromatic carbocycles. The molecule has 0 saturated carbocycles. The summed E-state index contributed by atoms with van der Waals surface area (Å²) in [4.78, 5) is 0. The number of hydrogen-bond donors (Lipinski definition) is 1. The largest absolute Gasteiger partial charge is 0.497 e. The second kappa shape index (κ2) is 10.1. The van der Waals surface area contributed by atoms with Gasteiger partial charge in [-0.25, -0.2) is 0 Å². The highest BCUT2D eigenvalue weighted by atomic mass is 35.5. The third kappa shape index (κ3) is 4.97. The van der Waals surface area contributed by atoms with E-state index in [1.807, 2.05) is 12.1 Å². The van der Waals surface area contributed by atoms with Crippen LogP contribution in [0.4, 0.5) is 19.0 Å². The maximum atomic E-state index is 13.9. The summed E-state index contributed by atoms with van der Waals surface area (Å²) in [6, 6.07) is 12.6. The SMILES string of the molecule is COc1ccc(CNc2nnc(C)c3cc(-c4cc(Cl)c(OC)cc4C(F)(F)F)ccc23)c(OC)c1. The van der Waals surface area contributed by atoms with E-state index in [1.54, 1.807) is 45.4 Å². The fourth-order valence-corrected chi connectivity index (χ4v) is 4.18. The lowest BCUT2D eigenvalue weighted by molar-refractivity contribution is -0.137. The predicted molar refractivity (Wildman–Crippen MR) is 133 cm³/mol. The van der Waals surface area contributed by atoms with Gasteiger partial charge >= 0.3 is 6.18 Å². The molecule has 36 heavy (non-hydrogen) atoms. The molecule has 0 aliphatic heterocycles. The number of aromatic nitrogens is 2. The Morgan fingerprint density at radius 1 is 0.861 bits per heavy atom. The average Bonchev–Trinajstić information content (AvgIpc) is 2.87. The Morgan fingerprint density at radius 3 is 2.28 bits per heavy atom. The highest BCUT2D eigenvalue weighted by molar-refractivity contribution is 6.32. The number of nitrogens with zero attached hydrogens (tertiary/aromatic N) is 2. The van der Waals surface area contributed by atoms with Crippen LogP contribution in [0.25, 0.3) is 21.9 Å². The summed E-state index contributed by atoms with van der Waals surface area (Å²) >= 11 is 6.18. The van der Waals surface area contributed by atoms with E-state index in [0.717, 1.165) is 11.6 Å². The Balaban J connectivity index is 1.75. The molecule has 1 aromatic heterocycles. The predicted octanol–water partition coefficient (Wildman–Crippen LogP) is 6.92. The van der Waals surface area contributed by atoms with Gasteiger partial charge in [0.2, 0.25) is 0 Å². The van der Waals surface area contributed by atoms with Crippen molar-refractivity contribution < 1.29 is 27.4 Å². The number of methoxy groups -OCH3 is 3. The molecule has 0 aliphatic carbocycles. The van der Waals surface area contributed by atoms with Crippen LogP contribution in [0.15, 0.2) is 48.5 Å². The Hall–Kier alpha value is -3.72. The van der Waals surface area contributed by atoms with Crippen LogP contribution in [-0.4, -0.2) is 31.5 Å². The molecule has 10 heteroatoms. The van der Waals surface area contributed by atoms with E-state index in [-0.39, 0.29) is 16.3 Å². The van der Waals surface area contributed by atoms with Gasteiger partial charge in [0.1, 0.15) is 17.2 Å². The molecule has 4 rings (SSSR count). The normalized spacial score (nSPS) is 11.4. The Kier molecular flexibility index (Phi) is 7.12.